The molecule has 1 fully saturated rings. The second-order valence-corrected chi connectivity index (χ2v) is 9.14. The molecule has 0 radical (unpaired) electrons. The van der Waals surface area contributed by atoms with Gasteiger partial charge in [-0.2, -0.15) is 4.31 Å². The van der Waals surface area contributed by atoms with E-state index in [1.165, 1.54) is 28.2 Å². The Morgan fingerprint density at radius 3 is 2.72 bits per heavy atom. The summed E-state index contributed by atoms with van der Waals surface area (Å²) in [5.41, 5.74) is 1.36. The normalized spacial score (nSPS) is 17.3. The summed E-state index contributed by atoms with van der Waals surface area (Å²) in [5, 5.41) is 3.29. The van der Waals surface area contributed by atoms with Crippen LogP contribution in [0.25, 0.3) is 0 Å². The lowest BCUT2D eigenvalue weighted by Crippen LogP contribution is -2.43. The van der Waals surface area contributed by atoms with Crippen molar-refractivity contribution in [1.29, 1.82) is 0 Å². The summed E-state index contributed by atoms with van der Waals surface area (Å²) in [5.74, 6) is -1.05. The molecule has 1 amide bonds. The lowest BCUT2D eigenvalue weighted by molar-refractivity contribution is -0.119. The van der Waals surface area contributed by atoms with E-state index < -0.39 is 27.9 Å². The minimum atomic E-state index is -3.97. The minimum Gasteiger partial charge on any atom is -0.464 e. The van der Waals surface area contributed by atoms with Crippen LogP contribution in [0.2, 0.25) is 5.02 Å². The van der Waals surface area contributed by atoms with E-state index >= 15 is 0 Å². The zero-order valence-corrected chi connectivity index (χ0v) is 17.9. The number of rotatable bonds is 5. The first-order chi connectivity index (χ1) is 13.7. The van der Waals surface area contributed by atoms with Crippen molar-refractivity contribution in [2.24, 2.45) is 7.05 Å². The molecule has 156 valence electrons. The molecule has 2 heterocycles. The van der Waals surface area contributed by atoms with E-state index in [1.807, 2.05) is 0 Å². The SMILES string of the molecule is COC(=O)c1cc(S(=O)(=O)N2CCC[C@@H]2C(=O)Nc2cccc(Cl)c2C)cn1C. The van der Waals surface area contributed by atoms with Gasteiger partial charge in [0.25, 0.3) is 0 Å². The first kappa shape index (κ1) is 21.4. The predicted octanol–water partition coefficient (Wildman–Crippen LogP) is 2.57. The van der Waals surface area contributed by atoms with Crippen LogP contribution < -0.4 is 5.32 Å². The number of methoxy groups -OCH3 is 1. The molecule has 3 rings (SSSR count). The van der Waals surface area contributed by atoms with E-state index in [1.54, 1.807) is 32.2 Å². The Balaban J connectivity index is 1.87. The molecule has 1 N–H and O–H groups in total. The zero-order valence-electron chi connectivity index (χ0n) is 16.3. The van der Waals surface area contributed by atoms with Gasteiger partial charge in [-0.05, 0) is 43.5 Å². The summed E-state index contributed by atoms with van der Waals surface area (Å²) in [6.45, 7) is 2.00. The molecule has 0 saturated carbocycles. The van der Waals surface area contributed by atoms with Crippen LogP contribution in [0, 0.1) is 6.92 Å². The van der Waals surface area contributed by atoms with Gasteiger partial charge in [-0.3, -0.25) is 4.79 Å². The topological polar surface area (TPSA) is 97.7 Å². The standard InChI is InChI=1S/C19H22ClN3O5S/c1-12-14(20)6-4-7-15(12)21-18(24)16-8-5-9-23(16)29(26,27)13-10-17(19(25)28-3)22(2)11-13/h4,6-7,10-11,16H,5,8-9H2,1-3H3,(H,21,24)/t16-/m1/s1. The lowest BCUT2D eigenvalue weighted by atomic mass is 10.1. The number of halogens is 1. The highest BCUT2D eigenvalue weighted by molar-refractivity contribution is 7.89. The zero-order chi connectivity index (χ0) is 21.3. The van der Waals surface area contributed by atoms with Gasteiger partial charge in [0.15, 0.2) is 0 Å². The van der Waals surface area contributed by atoms with Gasteiger partial charge in [-0.15, -0.1) is 0 Å². The molecule has 1 aliphatic heterocycles. The average molecular weight is 440 g/mol. The summed E-state index contributed by atoms with van der Waals surface area (Å²) < 4.78 is 33.6. The number of ether oxygens (including phenoxy) is 1. The highest BCUT2D eigenvalue weighted by atomic mass is 35.5. The first-order valence-electron chi connectivity index (χ1n) is 8.99. The number of anilines is 1. The molecule has 0 aliphatic carbocycles. The molecular formula is C19H22ClN3O5S. The van der Waals surface area contributed by atoms with Crippen molar-refractivity contribution in [3.05, 3.63) is 46.7 Å². The highest BCUT2D eigenvalue weighted by Gasteiger charge is 2.40. The van der Waals surface area contributed by atoms with Crippen LogP contribution in [-0.2, 0) is 26.6 Å². The number of amides is 1. The molecule has 1 aromatic carbocycles. The third-order valence-electron chi connectivity index (χ3n) is 5.01. The molecule has 0 spiro atoms. The van der Waals surface area contributed by atoms with Gasteiger partial charge in [-0.1, -0.05) is 17.7 Å². The Morgan fingerprint density at radius 2 is 2.03 bits per heavy atom. The molecule has 1 saturated heterocycles. The van der Waals surface area contributed by atoms with Crippen molar-refractivity contribution >= 4 is 39.2 Å². The molecular weight excluding hydrogens is 418 g/mol. The second kappa shape index (κ2) is 8.17. The molecule has 10 heteroatoms. The van der Waals surface area contributed by atoms with Gasteiger partial charge in [-0.25, -0.2) is 13.2 Å². The Kier molecular flexibility index (Phi) is 6.02. The Labute approximate surface area is 174 Å². The monoisotopic (exact) mass is 439 g/mol. The first-order valence-corrected chi connectivity index (χ1v) is 10.8. The molecule has 1 aliphatic rings. The minimum absolute atomic E-state index is 0.0564. The number of nitrogens with zero attached hydrogens (tertiary/aromatic N) is 2. The van der Waals surface area contributed by atoms with Crippen LogP contribution in [0.1, 0.15) is 28.9 Å². The smallest absolute Gasteiger partial charge is 0.354 e. The fourth-order valence-electron chi connectivity index (χ4n) is 3.37. The van der Waals surface area contributed by atoms with Crippen LogP contribution in [0.15, 0.2) is 35.4 Å². The van der Waals surface area contributed by atoms with Crippen molar-refractivity contribution in [3.63, 3.8) is 0 Å². The van der Waals surface area contributed by atoms with Crippen LogP contribution in [0.4, 0.5) is 5.69 Å². The highest BCUT2D eigenvalue weighted by Crippen LogP contribution is 2.29. The number of sulfonamides is 1. The van der Waals surface area contributed by atoms with Gasteiger partial charge < -0.3 is 14.6 Å². The molecule has 0 bridgehead atoms. The molecule has 29 heavy (non-hydrogen) atoms. The Bertz CT molecular complexity index is 1060. The second-order valence-electron chi connectivity index (χ2n) is 6.84. The quantitative estimate of drug-likeness (QED) is 0.722. The number of carbonyl (C=O) groups excluding carboxylic acids is 2. The Morgan fingerprint density at radius 1 is 1.31 bits per heavy atom. The van der Waals surface area contributed by atoms with E-state index in [4.69, 9.17) is 11.6 Å². The fraction of sp³-hybridized carbons (Fsp3) is 0.368. The molecule has 8 nitrogen and oxygen atoms in total. The van der Waals surface area contributed by atoms with Crippen molar-refractivity contribution in [2.75, 3.05) is 19.0 Å². The third-order valence-corrected chi connectivity index (χ3v) is 7.30. The van der Waals surface area contributed by atoms with Gasteiger partial charge in [0.2, 0.25) is 15.9 Å². The van der Waals surface area contributed by atoms with E-state index in [9.17, 15) is 18.0 Å². The maximum absolute atomic E-state index is 13.2. The van der Waals surface area contributed by atoms with Crippen LogP contribution in [0.3, 0.4) is 0 Å². The number of hydrogen-bond donors (Lipinski definition) is 1. The van der Waals surface area contributed by atoms with E-state index in [-0.39, 0.29) is 17.1 Å². The van der Waals surface area contributed by atoms with Gasteiger partial charge in [0, 0.05) is 30.5 Å². The number of carbonyl (C=O) groups is 2. The van der Waals surface area contributed by atoms with E-state index in [2.05, 4.69) is 10.1 Å². The summed E-state index contributed by atoms with van der Waals surface area (Å²) in [6.07, 6.45) is 2.31. The van der Waals surface area contributed by atoms with Crippen molar-refractivity contribution < 1.29 is 22.7 Å². The predicted molar refractivity (Wildman–Crippen MR) is 108 cm³/mol. The maximum atomic E-state index is 13.2. The van der Waals surface area contributed by atoms with Crippen LogP contribution >= 0.6 is 11.6 Å². The van der Waals surface area contributed by atoms with E-state index in [0.717, 1.165) is 0 Å². The lowest BCUT2D eigenvalue weighted by Gasteiger charge is -2.23. The van der Waals surface area contributed by atoms with Crippen molar-refractivity contribution in [2.45, 2.75) is 30.7 Å². The number of benzene rings is 1. The summed E-state index contributed by atoms with van der Waals surface area (Å²) in [7, 11) is -1.19. The van der Waals surface area contributed by atoms with Crippen LogP contribution in [0.5, 0.6) is 0 Å². The summed E-state index contributed by atoms with van der Waals surface area (Å²) in [6, 6.07) is 5.56. The third kappa shape index (κ3) is 4.03. The fourth-order valence-corrected chi connectivity index (χ4v) is 5.27. The molecule has 1 atom stereocenters. The Hall–Kier alpha value is -2.36. The van der Waals surface area contributed by atoms with Crippen molar-refractivity contribution in [3.8, 4) is 0 Å². The number of hydrogen-bond acceptors (Lipinski definition) is 5. The van der Waals surface area contributed by atoms with Gasteiger partial charge in [0.1, 0.15) is 16.6 Å². The van der Waals surface area contributed by atoms with Crippen molar-refractivity contribution in [1.82, 2.24) is 8.87 Å². The number of nitrogens with one attached hydrogen (secondary N) is 1. The molecule has 1 aromatic heterocycles. The largest absolute Gasteiger partial charge is 0.464 e. The van der Waals surface area contributed by atoms with E-state index in [0.29, 0.717) is 29.1 Å². The number of aryl methyl sites for hydroxylation is 1. The van der Waals surface area contributed by atoms with Crippen LogP contribution in [-0.4, -0.2) is 48.9 Å². The maximum Gasteiger partial charge on any atom is 0.354 e. The number of esters is 1. The molecule has 2 aromatic rings. The summed E-state index contributed by atoms with van der Waals surface area (Å²) in [4.78, 5) is 24.6. The average Bonchev–Trinajstić information content (AvgIpc) is 3.32. The van der Waals surface area contributed by atoms with Gasteiger partial charge in [0.05, 0.1) is 7.11 Å². The molecule has 0 unspecified atom stereocenters. The summed E-state index contributed by atoms with van der Waals surface area (Å²) >= 11 is 6.10. The van der Waals surface area contributed by atoms with Gasteiger partial charge >= 0.3 is 5.97 Å². The number of aromatic nitrogens is 1.